The van der Waals surface area contributed by atoms with Crippen molar-refractivity contribution in [3.63, 3.8) is 0 Å². The van der Waals surface area contributed by atoms with E-state index in [1.165, 1.54) is 0 Å². The SMILES string of the molecule is C=CC(=O)OOC(=O)C(F)(F)F. The Labute approximate surface area is 64.5 Å². The molecule has 0 N–H and O–H groups in total. The molecule has 0 aromatic rings. The van der Waals surface area contributed by atoms with E-state index in [1.807, 2.05) is 0 Å². The van der Waals surface area contributed by atoms with Crippen molar-refractivity contribution in [2.24, 2.45) is 0 Å². The maximum absolute atomic E-state index is 11.3. The molecule has 0 radical (unpaired) electrons. The zero-order valence-electron chi connectivity index (χ0n) is 5.55. The summed E-state index contributed by atoms with van der Waals surface area (Å²) >= 11 is 0. The molecule has 0 fully saturated rings. The summed E-state index contributed by atoms with van der Waals surface area (Å²) in [6.45, 7) is 2.85. The molecule has 0 atom stereocenters. The van der Waals surface area contributed by atoms with Crippen LogP contribution in [0.3, 0.4) is 0 Å². The normalized spacial score (nSPS) is 10.2. The van der Waals surface area contributed by atoms with Gasteiger partial charge >= 0.3 is 18.1 Å². The number of halogens is 3. The molecule has 0 heterocycles. The van der Waals surface area contributed by atoms with Crippen molar-refractivity contribution >= 4 is 11.9 Å². The van der Waals surface area contributed by atoms with E-state index in [4.69, 9.17) is 0 Å². The van der Waals surface area contributed by atoms with E-state index in [-0.39, 0.29) is 0 Å². The second-order valence-corrected chi connectivity index (χ2v) is 1.48. The summed E-state index contributed by atoms with van der Waals surface area (Å²) < 4.78 is 33.9. The Bertz CT molecular complexity index is 207. The van der Waals surface area contributed by atoms with Crippen LogP contribution < -0.4 is 0 Å². The van der Waals surface area contributed by atoms with E-state index in [1.54, 1.807) is 0 Å². The number of carbonyl (C=O) groups excluding carboxylic acids is 2. The molecule has 0 aliphatic carbocycles. The van der Waals surface area contributed by atoms with Crippen molar-refractivity contribution in [2.75, 3.05) is 0 Å². The maximum Gasteiger partial charge on any atom is 0.495 e. The summed E-state index contributed by atoms with van der Waals surface area (Å²) in [5.41, 5.74) is 0. The Morgan fingerprint density at radius 2 is 1.75 bits per heavy atom. The van der Waals surface area contributed by atoms with E-state index < -0.39 is 18.1 Å². The van der Waals surface area contributed by atoms with Gasteiger partial charge in [-0.15, -0.1) is 0 Å². The van der Waals surface area contributed by atoms with Crippen molar-refractivity contribution in [1.82, 2.24) is 0 Å². The molecule has 12 heavy (non-hydrogen) atoms. The summed E-state index contributed by atoms with van der Waals surface area (Å²) in [5.74, 6) is -3.88. The fourth-order valence-corrected chi connectivity index (χ4v) is 0.160. The molecular weight excluding hydrogens is 181 g/mol. The molecule has 0 spiro atoms. The molecule has 7 heteroatoms. The summed E-state index contributed by atoms with van der Waals surface area (Å²) in [6, 6.07) is 0. The minimum atomic E-state index is -5.18. The van der Waals surface area contributed by atoms with Crippen LogP contribution in [-0.2, 0) is 19.4 Å². The van der Waals surface area contributed by atoms with E-state index in [0.29, 0.717) is 6.08 Å². The first-order chi connectivity index (χ1) is 5.38. The van der Waals surface area contributed by atoms with E-state index in [2.05, 4.69) is 16.4 Å². The second-order valence-electron chi connectivity index (χ2n) is 1.48. The minimum absolute atomic E-state index is 0.545. The van der Waals surface area contributed by atoms with E-state index >= 15 is 0 Å². The van der Waals surface area contributed by atoms with Gasteiger partial charge in [0.1, 0.15) is 0 Å². The van der Waals surface area contributed by atoms with Gasteiger partial charge in [0.05, 0.1) is 0 Å². The van der Waals surface area contributed by atoms with Crippen LogP contribution in [0, 0.1) is 0 Å². The zero-order valence-corrected chi connectivity index (χ0v) is 5.55. The number of alkyl halides is 3. The Hall–Kier alpha value is -1.53. The second kappa shape index (κ2) is 3.74. The summed E-state index contributed by atoms with van der Waals surface area (Å²) in [6.07, 6.45) is -4.63. The molecule has 0 saturated carbocycles. The standard InChI is InChI=1S/C5H3F3O4/c1-2-3(9)11-12-4(10)5(6,7)8/h2H,1H2. The van der Waals surface area contributed by atoms with Gasteiger partial charge in [-0.25, -0.2) is 19.4 Å². The highest BCUT2D eigenvalue weighted by Gasteiger charge is 2.43. The fraction of sp³-hybridized carbons (Fsp3) is 0.200. The van der Waals surface area contributed by atoms with Gasteiger partial charge in [-0.2, -0.15) is 13.2 Å². The minimum Gasteiger partial charge on any atom is -0.242 e. The monoisotopic (exact) mass is 184 g/mol. The highest BCUT2D eigenvalue weighted by Crippen LogP contribution is 2.16. The highest BCUT2D eigenvalue weighted by molar-refractivity contribution is 5.82. The molecule has 0 aliphatic rings. The van der Waals surface area contributed by atoms with Crippen LogP contribution in [0.25, 0.3) is 0 Å². The molecule has 0 unspecified atom stereocenters. The molecule has 0 aromatic heterocycles. The van der Waals surface area contributed by atoms with Gasteiger partial charge < -0.3 is 0 Å². The van der Waals surface area contributed by atoms with Gasteiger partial charge in [-0.1, -0.05) is 6.58 Å². The van der Waals surface area contributed by atoms with Gasteiger partial charge in [0.15, 0.2) is 0 Å². The van der Waals surface area contributed by atoms with Crippen LogP contribution in [0.1, 0.15) is 0 Å². The third-order valence-electron chi connectivity index (χ3n) is 0.598. The average Bonchev–Trinajstić information content (AvgIpc) is 1.97. The highest BCUT2D eigenvalue weighted by atomic mass is 19.4. The van der Waals surface area contributed by atoms with Crippen LogP contribution in [0.15, 0.2) is 12.7 Å². The number of hydrogen-bond donors (Lipinski definition) is 0. The van der Waals surface area contributed by atoms with Crippen LogP contribution in [0.5, 0.6) is 0 Å². The third-order valence-corrected chi connectivity index (χ3v) is 0.598. The first kappa shape index (κ1) is 10.5. The van der Waals surface area contributed by atoms with E-state index in [0.717, 1.165) is 0 Å². The van der Waals surface area contributed by atoms with Crippen molar-refractivity contribution < 1.29 is 32.5 Å². The summed E-state index contributed by atoms with van der Waals surface area (Å²) in [4.78, 5) is 26.3. The Morgan fingerprint density at radius 3 is 2.08 bits per heavy atom. The molecular formula is C5H3F3O4. The smallest absolute Gasteiger partial charge is 0.242 e. The molecule has 0 aliphatic heterocycles. The lowest BCUT2D eigenvalue weighted by Gasteiger charge is -2.02. The van der Waals surface area contributed by atoms with Gasteiger partial charge in [-0.05, 0) is 0 Å². The number of carbonyl (C=O) groups is 2. The quantitative estimate of drug-likeness (QED) is 0.342. The molecule has 0 bridgehead atoms. The van der Waals surface area contributed by atoms with E-state index in [9.17, 15) is 22.8 Å². The number of rotatable bonds is 1. The predicted octanol–water partition coefficient (Wildman–Crippen LogP) is 0.736. The Morgan fingerprint density at radius 1 is 1.25 bits per heavy atom. The van der Waals surface area contributed by atoms with Crippen molar-refractivity contribution in [3.05, 3.63) is 12.7 Å². The Kier molecular flexibility index (Phi) is 3.27. The molecule has 0 amide bonds. The molecule has 0 aromatic carbocycles. The maximum atomic E-state index is 11.3. The van der Waals surface area contributed by atoms with Crippen molar-refractivity contribution in [2.45, 2.75) is 6.18 Å². The first-order valence-electron chi connectivity index (χ1n) is 2.50. The predicted molar refractivity (Wildman–Crippen MR) is 28.4 cm³/mol. The van der Waals surface area contributed by atoms with Crippen LogP contribution in [0.2, 0.25) is 0 Å². The lowest BCUT2D eigenvalue weighted by atomic mass is 10.7. The Balaban J connectivity index is 3.88. The largest absolute Gasteiger partial charge is 0.495 e. The molecule has 0 saturated heterocycles. The number of hydrogen-bond acceptors (Lipinski definition) is 4. The van der Waals surface area contributed by atoms with Crippen LogP contribution >= 0.6 is 0 Å². The van der Waals surface area contributed by atoms with Crippen molar-refractivity contribution in [1.29, 1.82) is 0 Å². The lowest BCUT2D eigenvalue weighted by molar-refractivity contribution is -0.282. The molecule has 0 rings (SSSR count). The third kappa shape index (κ3) is 3.59. The topological polar surface area (TPSA) is 52.6 Å². The molecule has 68 valence electrons. The van der Waals surface area contributed by atoms with Gasteiger partial charge in [0, 0.05) is 6.08 Å². The fourth-order valence-electron chi connectivity index (χ4n) is 0.160. The van der Waals surface area contributed by atoms with Crippen LogP contribution in [0.4, 0.5) is 13.2 Å². The van der Waals surface area contributed by atoms with Gasteiger partial charge in [-0.3, -0.25) is 0 Å². The van der Waals surface area contributed by atoms with Gasteiger partial charge in [0.25, 0.3) is 0 Å². The van der Waals surface area contributed by atoms with Crippen LogP contribution in [-0.4, -0.2) is 18.1 Å². The van der Waals surface area contributed by atoms with Gasteiger partial charge in [0.2, 0.25) is 0 Å². The summed E-state index contributed by atoms with van der Waals surface area (Å²) in [5, 5.41) is 0. The lowest BCUT2D eigenvalue weighted by Crippen LogP contribution is -2.26. The summed E-state index contributed by atoms with van der Waals surface area (Å²) in [7, 11) is 0. The average molecular weight is 184 g/mol. The molecule has 4 nitrogen and oxygen atoms in total. The first-order valence-corrected chi connectivity index (χ1v) is 2.50. The zero-order chi connectivity index (χ0) is 9.78. The van der Waals surface area contributed by atoms with Crippen molar-refractivity contribution in [3.8, 4) is 0 Å².